The van der Waals surface area contributed by atoms with Crippen molar-refractivity contribution < 1.29 is 9.59 Å². The van der Waals surface area contributed by atoms with Crippen molar-refractivity contribution in [1.29, 1.82) is 0 Å². The van der Waals surface area contributed by atoms with Crippen LogP contribution in [0.15, 0.2) is 42.5 Å². The highest BCUT2D eigenvalue weighted by Gasteiger charge is 2.09. The van der Waals surface area contributed by atoms with Crippen molar-refractivity contribution in [2.24, 2.45) is 5.73 Å². The summed E-state index contributed by atoms with van der Waals surface area (Å²) >= 11 is 11.8. The third-order valence-electron chi connectivity index (χ3n) is 3.31. The second kappa shape index (κ2) is 8.15. The number of halogens is 2. The van der Waals surface area contributed by atoms with Crippen LogP contribution < -0.4 is 11.1 Å². The Bertz CT molecular complexity index is 748. The Morgan fingerprint density at radius 1 is 1.08 bits per heavy atom. The topological polar surface area (TPSA) is 75.4 Å². The van der Waals surface area contributed by atoms with Gasteiger partial charge in [0.15, 0.2) is 0 Å². The standard InChI is InChI=1S/C17H17Cl2N3O2/c1-22(9-11-2-4-12(5-3-11)17(20)24)10-16(23)21-13-6-7-14(18)15(19)8-13/h2-8H,9-10H2,1H3,(H2,20,24)(H,21,23). The van der Waals surface area contributed by atoms with Crippen LogP contribution in [0.1, 0.15) is 15.9 Å². The zero-order chi connectivity index (χ0) is 17.7. The minimum atomic E-state index is -0.462. The van der Waals surface area contributed by atoms with Crippen LogP contribution in [0.25, 0.3) is 0 Å². The second-order valence-corrected chi connectivity index (χ2v) is 6.22. The maximum absolute atomic E-state index is 12.1. The number of carbonyl (C=O) groups excluding carboxylic acids is 2. The summed E-state index contributed by atoms with van der Waals surface area (Å²) in [6, 6.07) is 11.9. The van der Waals surface area contributed by atoms with Gasteiger partial charge >= 0.3 is 0 Å². The van der Waals surface area contributed by atoms with Crippen LogP contribution >= 0.6 is 23.2 Å². The van der Waals surface area contributed by atoms with Gasteiger partial charge in [-0.15, -0.1) is 0 Å². The molecule has 24 heavy (non-hydrogen) atoms. The molecular weight excluding hydrogens is 349 g/mol. The maximum atomic E-state index is 12.1. The number of likely N-dealkylation sites (N-methyl/N-ethyl adjacent to an activating group) is 1. The Labute approximate surface area is 150 Å². The normalized spacial score (nSPS) is 10.7. The SMILES string of the molecule is CN(CC(=O)Nc1ccc(Cl)c(Cl)c1)Cc1ccc(C(N)=O)cc1. The number of hydrogen-bond donors (Lipinski definition) is 2. The largest absolute Gasteiger partial charge is 0.366 e. The number of primary amides is 1. The molecule has 0 spiro atoms. The highest BCUT2D eigenvalue weighted by Crippen LogP contribution is 2.24. The van der Waals surface area contributed by atoms with E-state index in [9.17, 15) is 9.59 Å². The molecule has 0 aliphatic carbocycles. The van der Waals surface area contributed by atoms with Crippen molar-refractivity contribution in [3.05, 3.63) is 63.6 Å². The lowest BCUT2D eigenvalue weighted by atomic mass is 10.1. The predicted molar refractivity (Wildman–Crippen MR) is 96.4 cm³/mol. The number of amides is 2. The van der Waals surface area contributed by atoms with E-state index >= 15 is 0 Å². The van der Waals surface area contributed by atoms with Crippen molar-refractivity contribution in [3.63, 3.8) is 0 Å². The van der Waals surface area contributed by atoms with Crippen LogP contribution in [0.5, 0.6) is 0 Å². The number of carbonyl (C=O) groups is 2. The van der Waals surface area contributed by atoms with Gasteiger partial charge in [0.2, 0.25) is 11.8 Å². The van der Waals surface area contributed by atoms with E-state index in [2.05, 4.69) is 5.32 Å². The van der Waals surface area contributed by atoms with E-state index in [0.29, 0.717) is 27.8 Å². The molecular formula is C17H17Cl2N3O2. The number of nitrogens with zero attached hydrogens (tertiary/aromatic N) is 1. The molecule has 0 bridgehead atoms. The van der Waals surface area contributed by atoms with E-state index < -0.39 is 5.91 Å². The predicted octanol–water partition coefficient (Wildman–Crippen LogP) is 3.16. The summed E-state index contributed by atoms with van der Waals surface area (Å²) < 4.78 is 0. The number of anilines is 1. The molecule has 0 saturated heterocycles. The molecule has 0 heterocycles. The lowest BCUT2D eigenvalue weighted by molar-refractivity contribution is -0.117. The van der Waals surface area contributed by atoms with Gasteiger partial charge in [-0.05, 0) is 42.9 Å². The van der Waals surface area contributed by atoms with E-state index in [4.69, 9.17) is 28.9 Å². The first kappa shape index (κ1) is 18.3. The molecule has 0 saturated carbocycles. The van der Waals surface area contributed by atoms with Crippen LogP contribution in [0.4, 0.5) is 5.69 Å². The van der Waals surface area contributed by atoms with E-state index in [1.54, 1.807) is 30.3 Å². The first-order chi connectivity index (χ1) is 11.3. The van der Waals surface area contributed by atoms with Crippen molar-refractivity contribution in [2.45, 2.75) is 6.54 Å². The minimum absolute atomic E-state index is 0.162. The summed E-state index contributed by atoms with van der Waals surface area (Å²) in [7, 11) is 1.83. The van der Waals surface area contributed by atoms with Crippen molar-refractivity contribution in [3.8, 4) is 0 Å². The van der Waals surface area contributed by atoms with E-state index in [1.165, 1.54) is 0 Å². The fourth-order valence-electron chi connectivity index (χ4n) is 2.16. The van der Waals surface area contributed by atoms with Gasteiger partial charge in [-0.2, -0.15) is 0 Å². The molecule has 0 atom stereocenters. The van der Waals surface area contributed by atoms with Gasteiger partial charge in [0.25, 0.3) is 0 Å². The van der Waals surface area contributed by atoms with Crippen LogP contribution in [-0.4, -0.2) is 30.3 Å². The maximum Gasteiger partial charge on any atom is 0.248 e. The number of hydrogen-bond acceptors (Lipinski definition) is 3. The zero-order valence-electron chi connectivity index (χ0n) is 13.1. The first-order valence-corrected chi connectivity index (χ1v) is 7.93. The third-order valence-corrected chi connectivity index (χ3v) is 4.05. The van der Waals surface area contributed by atoms with Gasteiger partial charge in [-0.3, -0.25) is 14.5 Å². The van der Waals surface area contributed by atoms with E-state index in [1.807, 2.05) is 24.1 Å². The molecule has 0 radical (unpaired) electrons. The van der Waals surface area contributed by atoms with Crippen molar-refractivity contribution >= 4 is 40.7 Å². The van der Waals surface area contributed by atoms with Crippen LogP contribution in [0.2, 0.25) is 10.0 Å². The Kier molecular flexibility index (Phi) is 6.20. The molecule has 2 rings (SSSR count). The van der Waals surface area contributed by atoms with Gasteiger partial charge in [0, 0.05) is 17.8 Å². The van der Waals surface area contributed by atoms with Crippen molar-refractivity contribution in [1.82, 2.24) is 4.90 Å². The van der Waals surface area contributed by atoms with Gasteiger partial charge in [-0.1, -0.05) is 35.3 Å². The quantitative estimate of drug-likeness (QED) is 0.825. The Hall–Kier alpha value is -2.08. The fourth-order valence-corrected chi connectivity index (χ4v) is 2.46. The van der Waals surface area contributed by atoms with E-state index in [0.717, 1.165) is 5.56 Å². The lowest BCUT2D eigenvalue weighted by Gasteiger charge is -2.16. The lowest BCUT2D eigenvalue weighted by Crippen LogP contribution is -2.29. The first-order valence-electron chi connectivity index (χ1n) is 7.17. The number of rotatable bonds is 6. The third kappa shape index (κ3) is 5.23. The average Bonchev–Trinajstić information content (AvgIpc) is 2.51. The summed E-state index contributed by atoms with van der Waals surface area (Å²) in [5.41, 5.74) is 7.23. The Balaban J connectivity index is 1.88. The molecule has 0 aliphatic rings. The molecule has 2 aromatic carbocycles. The molecule has 0 aromatic heterocycles. The summed E-state index contributed by atoms with van der Waals surface area (Å²) in [4.78, 5) is 25.0. The molecule has 2 amide bonds. The molecule has 2 aromatic rings. The molecule has 126 valence electrons. The van der Waals surface area contributed by atoms with Gasteiger partial charge in [-0.25, -0.2) is 0 Å². The van der Waals surface area contributed by atoms with Crippen LogP contribution in [0, 0.1) is 0 Å². The molecule has 0 unspecified atom stereocenters. The molecule has 0 aliphatic heterocycles. The monoisotopic (exact) mass is 365 g/mol. The molecule has 5 nitrogen and oxygen atoms in total. The minimum Gasteiger partial charge on any atom is -0.366 e. The average molecular weight is 366 g/mol. The second-order valence-electron chi connectivity index (χ2n) is 5.41. The number of benzene rings is 2. The summed E-state index contributed by atoms with van der Waals surface area (Å²) in [6.45, 7) is 0.769. The number of nitrogens with one attached hydrogen (secondary N) is 1. The zero-order valence-corrected chi connectivity index (χ0v) is 14.6. The fraction of sp³-hybridized carbons (Fsp3) is 0.176. The summed E-state index contributed by atoms with van der Waals surface area (Å²) in [5, 5.41) is 3.59. The smallest absolute Gasteiger partial charge is 0.248 e. The Morgan fingerprint density at radius 3 is 2.33 bits per heavy atom. The Morgan fingerprint density at radius 2 is 1.75 bits per heavy atom. The van der Waals surface area contributed by atoms with Crippen LogP contribution in [-0.2, 0) is 11.3 Å². The number of nitrogens with two attached hydrogens (primary N) is 1. The summed E-state index contributed by atoms with van der Waals surface area (Å²) in [6.07, 6.45) is 0. The molecule has 3 N–H and O–H groups in total. The van der Waals surface area contributed by atoms with E-state index in [-0.39, 0.29) is 12.5 Å². The van der Waals surface area contributed by atoms with Crippen molar-refractivity contribution in [2.75, 3.05) is 18.9 Å². The summed E-state index contributed by atoms with van der Waals surface area (Å²) in [5.74, 6) is -0.624. The highest BCUT2D eigenvalue weighted by molar-refractivity contribution is 6.42. The molecule has 0 fully saturated rings. The highest BCUT2D eigenvalue weighted by atomic mass is 35.5. The van der Waals surface area contributed by atoms with Crippen LogP contribution in [0.3, 0.4) is 0 Å². The molecule has 7 heteroatoms. The van der Waals surface area contributed by atoms with Gasteiger partial charge < -0.3 is 11.1 Å². The van der Waals surface area contributed by atoms with Gasteiger partial charge in [0.05, 0.1) is 16.6 Å². The van der Waals surface area contributed by atoms with Gasteiger partial charge in [0.1, 0.15) is 0 Å².